The van der Waals surface area contributed by atoms with Crippen LogP contribution in [0.3, 0.4) is 0 Å². The molecule has 1 aromatic carbocycles. The molecule has 0 bridgehead atoms. The van der Waals surface area contributed by atoms with Crippen LogP contribution in [0.15, 0.2) is 36.7 Å². The fourth-order valence-electron chi connectivity index (χ4n) is 2.58. The van der Waals surface area contributed by atoms with Crippen LogP contribution in [-0.2, 0) is 6.42 Å². The van der Waals surface area contributed by atoms with Crippen LogP contribution in [0.2, 0.25) is 5.02 Å². The Bertz CT molecular complexity index is 669. The van der Waals surface area contributed by atoms with Crippen molar-refractivity contribution in [3.05, 3.63) is 52.8 Å². The topological polar surface area (TPSA) is 58.1 Å². The fraction of sp³-hybridized carbons (Fsp3) is 0.421. The number of nitrogens with one attached hydrogen (secondary N) is 1. The van der Waals surface area contributed by atoms with Crippen LogP contribution in [0, 0.1) is 0 Å². The van der Waals surface area contributed by atoms with E-state index in [2.05, 4.69) is 29.1 Å². The number of amides is 1. The number of hydrogen-bond acceptors (Lipinski definition) is 4. The first-order valence-electron chi connectivity index (χ1n) is 8.73. The van der Waals surface area contributed by atoms with Crippen LogP contribution >= 0.6 is 11.6 Å². The number of anilines is 1. The highest BCUT2D eigenvalue weighted by Gasteiger charge is 2.15. The normalized spacial score (nSPS) is 10.5. The first-order valence-corrected chi connectivity index (χ1v) is 9.11. The van der Waals surface area contributed by atoms with E-state index in [0.29, 0.717) is 18.1 Å². The van der Waals surface area contributed by atoms with Crippen molar-refractivity contribution in [1.82, 2.24) is 14.9 Å². The molecule has 0 unspecified atom stereocenters. The van der Waals surface area contributed by atoms with Crippen molar-refractivity contribution >= 4 is 23.5 Å². The minimum atomic E-state index is -0.00539. The van der Waals surface area contributed by atoms with Crippen molar-refractivity contribution in [1.29, 1.82) is 0 Å². The van der Waals surface area contributed by atoms with Gasteiger partial charge in [0.2, 0.25) is 5.95 Å². The Balaban J connectivity index is 1.89. The lowest BCUT2D eigenvalue weighted by molar-refractivity contribution is 0.0754. The van der Waals surface area contributed by atoms with Crippen LogP contribution < -0.4 is 5.32 Å². The summed E-state index contributed by atoms with van der Waals surface area (Å²) < 4.78 is 0. The first kappa shape index (κ1) is 19.2. The van der Waals surface area contributed by atoms with Crippen molar-refractivity contribution in [2.24, 2.45) is 0 Å². The zero-order chi connectivity index (χ0) is 18.1. The van der Waals surface area contributed by atoms with E-state index >= 15 is 0 Å². The van der Waals surface area contributed by atoms with Crippen molar-refractivity contribution < 1.29 is 4.79 Å². The standard InChI is InChI=1S/C19H25ClN4O/c1-3-10-24(11-4-2)18(25)16-13-22-19(23-14-16)21-9-8-15-6-5-7-17(20)12-15/h5-7,12-14H,3-4,8-11H2,1-2H3,(H,21,22,23). The zero-order valence-electron chi connectivity index (χ0n) is 14.8. The quantitative estimate of drug-likeness (QED) is 0.733. The number of nitrogens with zero attached hydrogens (tertiary/aromatic N) is 3. The average molecular weight is 361 g/mol. The van der Waals surface area contributed by atoms with E-state index in [0.717, 1.165) is 42.9 Å². The third-order valence-corrected chi connectivity index (χ3v) is 3.99. The summed E-state index contributed by atoms with van der Waals surface area (Å²) in [4.78, 5) is 22.8. The molecule has 1 N–H and O–H groups in total. The minimum absolute atomic E-state index is 0.00539. The zero-order valence-corrected chi connectivity index (χ0v) is 15.6. The van der Waals surface area contributed by atoms with Gasteiger partial charge in [0.05, 0.1) is 5.56 Å². The van der Waals surface area contributed by atoms with Gasteiger partial charge >= 0.3 is 0 Å². The second-order valence-corrected chi connectivity index (χ2v) is 6.33. The molecule has 1 heterocycles. The molecular weight excluding hydrogens is 336 g/mol. The van der Waals surface area contributed by atoms with Gasteiger partial charge in [0.25, 0.3) is 5.91 Å². The Labute approximate surface area is 154 Å². The number of benzene rings is 1. The van der Waals surface area contributed by atoms with E-state index in [1.807, 2.05) is 29.2 Å². The van der Waals surface area contributed by atoms with Crippen LogP contribution in [-0.4, -0.2) is 40.4 Å². The van der Waals surface area contributed by atoms with E-state index in [1.165, 1.54) is 0 Å². The van der Waals surface area contributed by atoms with E-state index in [-0.39, 0.29) is 5.91 Å². The lowest BCUT2D eigenvalue weighted by atomic mass is 10.1. The van der Waals surface area contributed by atoms with Gasteiger partial charge in [0.1, 0.15) is 0 Å². The molecule has 2 aromatic rings. The van der Waals surface area contributed by atoms with Crippen molar-refractivity contribution in [3.8, 4) is 0 Å². The predicted molar refractivity (Wildman–Crippen MR) is 102 cm³/mol. The first-order chi connectivity index (χ1) is 12.1. The van der Waals surface area contributed by atoms with Gasteiger partial charge in [-0.1, -0.05) is 37.6 Å². The maximum atomic E-state index is 12.5. The number of carbonyl (C=O) groups is 1. The number of rotatable bonds is 9. The van der Waals surface area contributed by atoms with E-state index < -0.39 is 0 Å². The van der Waals surface area contributed by atoms with Gasteiger partial charge in [0.15, 0.2) is 0 Å². The summed E-state index contributed by atoms with van der Waals surface area (Å²) in [6.07, 6.45) is 5.89. The molecule has 1 aromatic heterocycles. The van der Waals surface area contributed by atoms with Crippen LogP contribution in [0.4, 0.5) is 5.95 Å². The highest BCUT2D eigenvalue weighted by Crippen LogP contribution is 2.11. The average Bonchev–Trinajstić information content (AvgIpc) is 2.62. The summed E-state index contributed by atoms with van der Waals surface area (Å²) in [5, 5.41) is 3.90. The van der Waals surface area contributed by atoms with Crippen molar-refractivity contribution in [2.45, 2.75) is 33.1 Å². The van der Waals surface area contributed by atoms with Crippen LogP contribution in [0.5, 0.6) is 0 Å². The summed E-state index contributed by atoms with van der Waals surface area (Å²) in [5.74, 6) is 0.519. The highest BCUT2D eigenvalue weighted by molar-refractivity contribution is 6.30. The third kappa shape index (κ3) is 6.02. The van der Waals surface area contributed by atoms with Gasteiger partial charge in [0, 0.05) is 37.1 Å². The van der Waals surface area contributed by atoms with Gasteiger partial charge in [-0.15, -0.1) is 0 Å². The molecule has 25 heavy (non-hydrogen) atoms. The van der Waals surface area contributed by atoms with Gasteiger partial charge in [-0.05, 0) is 37.0 Å². The Kier molecular flexibility index (Phi) is 7.67. The van der Waals surface area contributed by atoms with Crippen molar-refractivity contribution in [3.63, 3.8) is 0 Å². The largest absolute Gasteiger partial charge is 0.354 e. The Morgan fingerprint density at radius 3 is 2.44 bits per heavy atom. The molecule has 5 nitrogen and oxygen atoms in total. The second-order valence-electron chi connectivity index (χ2n) is 5.89. The lowest BCUT2D eigenvalue weighted by Crippen LogP contribution is -2.32. The maximum absolute atomic E-state index is 12.5. The molecule has 0 saturated carbocycles. The molecule has 134 valence electrons. The number of aromatic nitrogens is 2. The molecule has 0 spiro atoms. The summed E-state index contributed by atoms with van der Waals surface area (Å²) in [6, 6.07) is 7.78. The molecular formula is C19H25ClN4O. The predicted octanol–water partition coefficient (Wildman–Crippen LogP) is 4.05. The van der Waals surface area contributed by atoms with E-state index in [1.54, 1.807) is 12.4 Å². The molecule has 0 aliphatic carbocycles. The third-order valence-electron chi connectivity index (χ3n) is 3.76. The van der Waals surface area contributed by atoms with Crippen LogP contribution in [0.25, 0.3) is 0 Å². The number of hydrogen-bond donors (Lipinski definition) is 1. The molecule has 0 fully saturated rings. The molecule has 0 aliphatic heterocycles. The van der Waals surface area contributed by atoms with Gasteiger partial charge < -0.3 is 10.2 Å². The fourth-order valence-corrected chi connectivity index (χ4v) is 2.79. The Morgan fingerprint density at radius 1 is 1.16 bits per heavy atom. The number of carbonyl (C=O) groups excluding carboxylic acids is 1. The highest BCUT2D eigenvalue weighted by atomic mass is 35.5. The monoisotopic (exact) mass is 360 g/mol. The van der Waals surface area contributed by atoms with Gasteiger partial charge in [-0.2, -0.15) is 0 Å². The Morgan fingerprint density at radius 2 is 1.84 bits per heavy atom. The molecule has 0 aliphatic rings. The number of halogens is 1. The van der Waals surface area contributed by atoms with E-state index in [4.69, 9.17) is 11.6 Å². The summed E-state index contributed by atoms with van der Waals surface area (Å²) in [7, 11) is 0. The molecule has 6 heteroatoms. The van der Waals surface area contributed by atoms with Gasteiger partial charge in [-0.3, -0.25) is 4.79 Å². The Hall–Kier alpha value is -2.14. The molecule has 0 atom stereocenters. The van der Waals surface area contributed by atoms with Crippen LogP contribution in [0.1, 0.15) is 42.6 Å². The molecule has 0 saturated heterocycles. The second kappa shape index (κ2) is 9.99. The van der Waals surface area contributed by atoms with Gasteiger partial charge in [-0.25, -0.2) is 9.97 Å². The summed E-state index contributed by atoms with van der Waals surface area (Å²) in [5.41, 5.74) is 1.68. The lowest BCUT2D eigenvalue weighted by Gasteiger charge is -2.21. The minimum Gasteiger partial charge on any atom is -0.354 e. The van der Waals surface area contributed by atoms with Crippen molar-refractivity contribution in [2.75, 3.05) is 25.0 Å². The summed E-state index contributed by atoms with van der Waals surface area (Å²) in [6.45, 7) is 6.35. The molecule has 0 radical (unpaired) electrons. The molecule has 2 rings (SSSR count). The SMILES string of the molecule is CCCN(CCC)C(=O)c1cnc(NCCc2cccc(Cl)c2)nc1. The van der Waals surface area contributed by atoms with E-state index in [9.17, 15) is 4.79 Å². The molecule has 1 amide bonds. The smallest absolute Gasteiger partial charge is 0.256 e. The summed E-state index contributed by atoms with van der Waals surface area (Å²) >= 11 is 5.98. The maximum Gasteiger partial charge on any atom is 0.256 e.